The number of fused-ring (bicyclic) bond motifs is 1. The lowest BCUT2D eigenvalue weighted by Gasteiger charge is -2.20. The molecule has 1 aliphatic rings. The Bertz CT molecular complexity index is 662. The van der Waals surface area contributed by atoms with E-state index >= 15 is 0 Å². The molecule has 112 valence electrons. The highest BCUT2D eigenvalue weighted by Crippen LogP contribution is 2.27. The normalized spacial score (nSPS) is 16.3. The van der Waals surface area contributed by atoms with E-state index in [1.54, 1.807) is 12.3 Å². The van der Waals surface area contributed by atoms with Gasteiger partial charge in [0.1, 0.15) is 5.82 Å². The van der Waals surface area contributed by atoms with Crippen LogP contribution in [0.5, 0.6) is 0 Å². The molecule has 0 saturated heterocycles. The summed E-state index contributed by atoms with van der Waals surface area (Å²) < 4.78 is 6.58. The second kappa shape index (κ2) is 6.02. The van der Waals surface area contributed by atoms with Gasteiger partial charge in [0.25, 0.3) is 0 Å². The Kier molecular flexibility index (Phi) is 4.10. The summed E-state index contributed by atoms with van der Waals surface area (Å²) in [6, 6.07) is 1.57. The second-order valence-electron chi connectivity index (χ2n) is 5.59. The summed E-state index contributed by atoms with van der Waals surface area (Å²) in [5, 5.41) is 8.81. The van der Waals surface area contributed by atoms with E-state index in [9.17, 15) is 4.79 Å². The van der Waals surface area contributed by atoms with Crippen LogP contribution >= 0.6 is 11.6 Å². The van der Waals surface area contributed by atoms with Crippen molar-refractivity contribution in [1.29, 1.82) is 0 Å². The van der Waals surface area contributed by atoms with Gasteiger partial charge in [-0.05, 0) is 12.0 Å². The van der Waals surface area contributed by atoms with Crippen LogP contribution in [0.4, 0.5) is 0 Å². The minimum absolute atomic E-state index is 0.406. The summed E-state index contributed by atoms with van der Waals surface area (Å²) in [6.45, 7) is 0. The van der Waals surface area contributed by atoms with E-state index in [-0.39, 0.29) is 0 Å². The quantitative estimate of drug-likeness (QED) is 0.816. The van der Waals surface area contributed by atoms with Crippen molar-refractivity contribution in [2.24, 2.45) is 5.92 Å². The predicted molar refractivity (Wildman–Crippen MR) is 79.6 cm³/mol. The van der Waals surface area contributed by atoms with Gasteiger partial charge in [-0.3, -0.25) is 4.40 Å². The van der Waals surface area contributed by atoms with Crippen LogP contribution in [0.1, 0.15) is 48.3 Å². The molecule has 2 aromatic heterocycles. The summed E-state index contributed by atoms with van der Waals surface area (Å²) in [5.41, 5.74) is 1.01. The second-order valence-corrected chi connectivity index (χ2v) is 5.99. The van der Waals surface area contributed by atoms with E-state index in [0.717, 1.165) is 12.2 Å². The van der Waals surface area contributed by atoms with Gasteiger partial charge in [0.05, 0.1) is 17.7 Å². The van der Waals surface area contributed by atoms with Crippen molar-refractivity contribution in [1.82, 2.24) is 14.6 Å². The molecule has 0 spiro atoms. The van der Waals surface area contributed by atoms with Gasteiger partial charge in [-0.2, -0.15) is 0 Å². The minimum atomic E-state index is -0.406. The maximum Gasteiger partial charge on any atom is 0.339 e. The average Bonchev–Trinajstić information content (AvgIpc) is 2.91. The molecule has 0 amide bonds. The summed E-state index contributed by atoms with van der Waals surface area (Å²) in [6.07, 6.45) is 8.96. The Morgan fingerprint density at radius 3 is 2.86 bits per heavy atom. The lowest BCUT2D eigenvalue weighted by atomic mass is 9.87. The molecule has 2 heterocycles. The third kappa shape index (κ3) is 2.88. The molecule has 2 aromatic rings. The fraction of sp³-hybridized carbons (Fsp3) is 0.533. The standard InChI is InChI=1S/C15H18ClN3O2/c1-21-15(20)11-8-12(16)14-18-17-13(19(14)9-11)7-10-5-3-2-4-6-10/h8-10H,2-7H2,1H3. The van der Waals surface area contributed by atoms with Crippen molar-refractivity contribution < 1.29 is 9.53 Å². The van der Waals surface area contributed by atoms with Crippen LogP contribution in [0, 0.1) is 5.92 Å². The number of aromatic nitrogens is 3. The number of hydrogen-bond donors (Lipinski definition) is 0. The summed E-state index contributed by atoms with van der Waals surface area (Å²) in [5.74, 6) is 1.10. The Morgan fingerprint density at radius 2 is 2.14 bits per heavy atom. The molecular formula is C15H18ClN3O2. The van der Waals surface area contributed by atoms with Crippen LogP contribution in [-0.2, 0) is 11.2 Å². The van der Waals surface area contributed by atoms with Gasteiger partial charge in [0.15, 0.2) is 5.65 Å². The molecule has 0 aliphatic heterocycles. The smallest absolute Gasteiger partial charge is 0.339 e. The zero-order valence-electron chi connectivity index (χ0n) is 12.0. The highest BCUT2D eigenvalue weighted by Gasteiger charge is 2.19. The van der Waals surface area contributed by atoms with Crippen LogP contribution < -0.4 is 0 Å². The molecule has 0 radical (unpaired) electrons. The Labute approximate surface area is 128 Å². The van der Waals surface area contributed by atoms with Gasteiger partial charge in [0, 0.05) is 12.6 Å². The summed E-state index contributed by atoms with van der Waals surface area (Å²) in [4.78, 5) is 11.7. The highest BCUT2D eigenvalue weighted by atomic mass is 35.5. The van der Waals surface area contributed by atoms with Crippen molar-refractivity contribution in [3.05, 3.63) is 28.7 Å². The molecule has 1 saturated carbocycles. The maximum atomic E-state index is 11.7. The fourth-order valence-corrected chi connectivity index (χ4v) is 3.26. The minimum Gasteiger partial charge on any atom is -0.465 e. The number of esters is 1. The average molecular weight is 308 g/mol. The van der Waals surface area contributed by atoms with Crippen LogP contribution in [-0.4, -0.2) is 27.7 Å². The SMILES string of the molecule is COC(=O)c1cc(Cl)c2nnc(CC3CCCCC3)n2c1. The molecule has 1 fully saturated rings. The van der Waals surface area contributed by atoms with Gasteiger partial charge in [-0.25, -0.2) is 4.79 Å². The van der Waals surface area contributed by atoms with Gasteiger partial charge in [-0.1, -0.05) is 43.7 Å². The Hall–Kier alpha value is -1.62. The zero-order valence-corrected chi connectivity index (χ0v) is 12.8. The Morgan fingerprint density at radius 1 is 1.38 bits per heavy atom. The zero-order chi connectivity index (χ0) is 14.8. The van der Waals surface area contributed by atoms with Crippen LogP contribution in [0.2, 0.25) is 5.02 Å². The molecule has 0 atom stereocenters. The van der Waals surface area contributed by atoms with Crippen molar-refractivity contribution in [2.75, 3.05) is 7.11 Å². The molecule has 0 N–H and O–H groups in total. The number of carbonyl (C=O) groups excluding carboxylic acids is 1. The van der Waals surface area contributed by atoms with E-state index in [0.29, 0.717) is 22.2 Å². The van der Waals surface area contributed by atoms with E-state index in [1.165, 1.54) is 39.2 Å². The number of pyridine rings is 1. The predicted octanol–water partition coefficient (Wildman–Crippen LogP) is 3.29. The number of nitrogens with zero attached hydrogens (tertiary/aromatic N) is 3. The third-order valence-corrected chi connectivity index (χ3v) is 4.43. The summed E-state index contributed by atoms with van der Waals surface area (Å²) >= 11 is 6.19. The van der Waals surface area contributed by atoms with E-state index in [1.807, 2.05) is 4.40 Å². The molecule has 6 heteroatoms. The van der Waals surface area contributed by atoms with E-state index < -0.39 is 5.97 Å². The lowest BCUT2D eigenvalue weighted by molar-refractivity contribution is 0.0600. The van der Waals surface area contributed by atoms with Crippen LogP contribution in [0.15, 0.2) is 12.3 Å². The van der Waals surface area contributed by atoms with E-state index in [2.05, 4.69) is 10.2 Å². The number of halogens is 1. The molecule has 0 unspecified atom stereocenters. The molecule has 0 aromatic carbocycles. The fourth-order valence-electron chi connectivity index (χ4n) is 3.02. The molecule has 3 rings (SSSR count). The van der Waals surface area contributed by atoms with Gasteiger partial charge < -0.3 is 4.74 Å². The van der Waals surface area contributed by atoms with Gasteiger partial charge in [0.2, 0.25) is 0 Å². The number of hydrogen-bond acceptors (Lipinski definition) is 4. The maximum absolute atomic E-state index is 11.7. The molecule has 1 aliphatic carbocycles. The van der Waals surface area contributed by atoms with E-state index in [4.69, 9.17) is 16.3 Å². The van der Waals surface area contributed by atoms with Crippen molar-refractivity contribution in [2.45, 2.75) is 38.5 Å². The van der Waals surface area contributed by atoms with Crippen molar-refractivity contribution in [3.63, 3.8) is 0 Å². The molecule has 21 heavy (non-hydrogen) atoms. The van der Waals surface area contributed by atoms with Crippen molar-refractivity contribution >= 4 is 23.2 Å². The lowest BCUT2D eigenvalue weighted by Crippen LogP contribution is -2.12. The number of carbonyl (C=O) groups is 1. The van der Waals surface area contributed by atoms with Gasteiger partial charge >= 0.3 is 5.97 Å². The first-order valence-electron chi connectivity index (χ1n) is 7.30. The summed E-state index contributed by atoms with van der Waals surface area (Å²) in [7, 11) is 1.36. The topological polar surface area (TPSA) is 56.5 Å². The third-order valence-electron chi connectivity index (χ3n) is 4.15. The Balaban J connectivity index is 1.95. The number of ether oxygens (including phenoxy) is 1. The first-order chi connectivity index (χ1) is 10.2. The highest BCUT2D eigenvalue weighted by molar-refractivity contribution is 6.33. The number of rotatable bonds is 3. The first kappa shape index (κ1) is 14.3. The van der Waals surface area contributed by atoms with Crippen LogP contribution in [0.3, 0.4) is 0 Å². The largest absolute Gasteiger partial charge is 0.465 e. The molecule has 5 nitrogen and oxygen atoms in total. The van der Waals surface area contributed by atoms with Gasteiger partial charge in [-0.15, -0.1) is 10.2 Å². The molecular weight excluding hydrogens is 290 g/mol. The number of methoxy groups -OCH3 is 1. The molecule has 0 bridgehead atoms. The van der Waals surface area contributed by atoms with Crippen molar-refractivity contribution in [3.8, 4) is 0 Å². The monoisotopic (exact) mass is 307 g/mol. The first-order valence-corrected chi connectivity index (χ1v) is 7.68. The van der Waals surface area contributed by atoms with Crippen LogP contribution in [0.25, 0.3) is 5.65 Å².